The van der Waals surface area contributed by atoms with E-state index in [2.05, 4.69) is 20.9 Å². The van der Waals surface area contributed by atoms with Crippen molar-refractivity contribution in [3.63, 3.8) is 0 Å². The van der Waals surface area contributed by atoms with Crippen molar-refractivity contribution >= 4 is 62.1 Å². The van der Waals surface area contributed by atoms with Crippen molar-refractivity contribution in [1.82, 2.24) is 9.88 Å². The molecule has 0 unspecified atom stereocenters. The smallest absolute Gasteiger partial charge is 0.304 e. The number of hydrogen-bond acceptors (Lipinski definition) is 3. The molecule has 1 aliphatic heterocycles. The van der Waals surface area contributed by atoms with Crippen molar-refractivity contribution in [2.24, 2.45) is 0 Å². The van der Waals surface area contributed by atoms with Gasteiger partial charge in [0.25, 0.3) is 0 Å². The Balaban J connectivity index is 1.66. The Kier molecular flexibility index (Phi) is 6.90. The second-order valence-electron chi connectivity index (χ2n) is 9.21. The Hall–Kier alpha value is -2.74. The molecule has 1 aromatic heterocycles. The van der Waals surface area contributed by atoms with E-state index in [9.17, 15) is 14.7 Å². The number of aromatic nitrogens is 1. The molecule has 36 heavy (non-hydrogen) atoms. The number of fused-ring (bicyclic) bond motifs is 1. The van der Waals surface area contributed by atoms with Gasteiger partial charge in [-0.1, -0.05) is 63.4 Å². The van der Waals surface area contributed by atoms with E-state index in [1.165, 1.54) is 11.8 Å². The lowest BCUT2D eigenvalue weighted by atomic mass is 9.89. The molecule has 1 aliphatic rings. The number of likely N-dealkylation sites (tertiary alicyclic amines) is 1. The number of H-pyrrole nitrogens is 1. The van der Waals surface area contributed by atoms with Crippen LogP contribution in [0.1, 0.15) is 35.6 Å². The van der Waals surface area contributed by atoms with Crippen LogP contribution in [0.2, 0.25) is 5.02 Å². The lowest BCUT2D eigenvalue weighted by Gasteiger charge is -2.36. The lowest BCUT2D eigenvalue weighted by Crippen LogP contribution is -2.37. The Morgan fingerprint density at radius 1 is 1.17 bits per heavy atom. The molecule has 0 saturated carbocycles. The van der Waals surface area contributed by atoms with Crippen LogP contribution in [0.3, 0.4) is 0 Å². The molecule has 2 atom stereocenters. The van der Waals surface area contributed by atoms with E-state index in [4.69, 9.17) is 11.6 Å². The number of carboxylic acids is 1. The number of thioether (sulfide) groups is 1. The number of carbonyl (C=O) groups is 2. The van der Waals surface area contributed by atoms with Gasteiger partial charge in [0.05, 0.1) is 17.2 Å². The number of nitrogens with one attached hydrogen (secondary N) is 1. The summed E-state index contributed by atoms with van der Waals surface area (Å²) in [5.74, 6) is -0.993. The van der Waals surface area contributed by atoms with Gasteiger partial charge in [0, 0.05) is 50.0 Å². The van der Waals surface area contributed by atoms with Crippen LogP contribution in [-0.4, -0.2) is 31.6 Å². The first-order chi connectivity index (χ1) is 17.2. The zero-order valence-corrected chi connectivity index (χ0v) is 22.7. The highest BCUT2D eigenvalue weighted by Gasteiger charge is 2.54. The molecule has 3 aromatic carbocycles. The molecule has 0 aliphatic carbocycles. The number of rotatable bonds is 7. The summed E-state index contributed by atoms with van der Waals surface area (Å²) in [7, 11) is 0. The number of hydrogen-bond donors (Lipinski definition) is 2. The molecule has 1 saturated heterocycles. The lowest BCUT2D eigenvalue weighted by molar-refractivity contribution is -0.137. The first-order valence-electron chi connectivity index (χ1n) is 11.5. The van der Waals surface area contributed by atoms with Gasteiger partial charge in [-0.25, -0.2) is 0 Å². The molecule has 4 aromatic rings. The Labute approximate surface area is 227 Å². The zero-order chi connectivity index (χ0) is 25.4. The van der Waals surface area contributed by atoms with Crippen molar-refractivity contribution < 1.29 is 14.7 Å². The van der Waals surface area contributed by atoms with Crippen molar-refractivity contribution in [3.8, 4) is 0 Å². The number of benzene rings is 3. The number of aliphatic carboxylic acids is 1. The van der Waals surface area contributed by atoms with E-state index >= 15 is 0 Å². The highest BCUT2D eigenvalue weighted by molar-refractivity contribution is 9.10. The summed E-state index contributed by atoms with van der Waals surface area (Å²) in [5, 5.41) is 11.6. The molecule has 0 spiro atoms. The molecular formula is C28H24BrClN2O3S. The van der Waals surface area contributed by atoms with Crippen LogP contribution in [0, 0.1) is 6.92 Å². The van der Waals surface area contributed by atoms with Gasteiger partial charge < -0.3 is 15.0 Å². The standard InChI is InChI=1S/C28H24BrClN2O3S/c1-17-2-9-21(10-3-17)36-28(14-26(34)35)13-25(33)32(16-18-4-6-19(29)7-5-18)27(28)23-15-31-24-12-20(30)8-11-22(23)24/h2-12,15,27,31H,13-14,16H2,1H3,(H,34,35)/t27-,28+/m0/s1. The van der Waals surface area contributed by atoms with Crippen LogP contribution in [-0.2, 0) is 16.1 Å². The maximum absolute atomic E-state index is 13.7. The van der Waals surface area contributed by atoms with E-state index in [-0.39, 0.29) is 18.7 Å². The Bertz CT molecular complexity index is 1440. The molecular weight excluding hydrogens is 560 g/mol. The first kappa shape index (κ1) is 24.9. The monoisotopic (exact) mass is 582 g/mol. The highest BCUT2D eigenvalue weighted by Crippen LogP contribution is 2.56. The number of aryl methyl sites for hydroxylation is 1. The number of halogens is 2. The molecule has 0 bridgehead atoms. The normalized spacial score (nSPS) is 19.8. The van der Waals surface area contributed by atoms with Gasteiger partial charge in [-0.05, 0) is 48.9 Å². The molecule has 184 valence electrons. The third-order valence-corrected chi connectivity index (χ3v) is 8.80. The van der Waals surface area contributed by atoms with Crippen LogP contribution >= 0.6 is 39.3 Å². The summed E-state index contributed by atoms with van der Waals surface area (Å²) < 4.78 is 0.0571. The van der Waals surface area contributed by atoms with Crippen LogP contribution < -0.4 is 0 Å². The number of nitrogens with zero attached hydrogens (tertiary/aromatic N) is 1. The van der Waals surface area contributed by atoms with E-state index in [0.717, 1.165) is 37.0 Å². The van der Waals surface area contributed by atoms with E-state index < -0.39 is 16.8 Å². The average molecular weight is 584 g/mol. The fraction of sp³-hybridized carbons (Fsp3) is 0.214. The van der Waals surface area contributed by atoms with E-state index in [0.29, 0.717) is 11.6 Å². The average Bonchev–Trinajstić information content (AvgIpc) is 3.34. The molecule has 1 amide bonds. The second kappa shape index (κ2) is 9.96. The summed E-state index contributed by atoms with van der Waals surface area (Å²) in [4.78, 5) is 32.0. The maximum atomic E-state index is 13.7. The summed E-state index contributed by atoms with van der Waals surface area (Å²) in [6, 6.07) is 21.0. The van der Waals surface area contributed by atoms with Crippen molar-refractivity contribution in [1.29, 1.82) is 0 Å². The Morgan fingerprint density at radius 3 is 2.58 bits per heavy atom. The summed E-state index contributed by atoms with van der Waals surface area (Å²) in [6.07, 6.45) is 1.86. The van der Waals surface area contributed by atoms with Gasteiger partial charge in [-0.15, -0.1) is 11.8 Å². The minimum absolute atomic E-state index is 0.0629. The number of carboxylic acid groups (broad SMARTS) is 1. The predicted octanol–water partition coefficient (Wildman–Crippen LogP) is 7.37. The molecule has 5 rings (SSSR count). The molecule has 5 nitrogen and oxygen atoms in total. The molecule has 2 N–H and O–H groups in total. The summed E-state index contributed by atoms with van der Waals surface area (Å²) >= 11 is 11.2. The van der Waals surface area contributed by atoms with Gasteiger partial charge in [-0.2, -0.15) is 0 Å². The van der Waals surface area contributed by atoms with Gasteiger partial charge in [0.1, 0.15) is 0 Å². The van der Waals surface area contributed by atoms with Crippen LogP contribution in [0.4, 0.5) is 0 Å². The molecule has 1 fully saturated rings. The van der Waals surface area contributed by atoms with Gasteiger partial charge in [0.2, 0.25) is 5.91 Å². The van der Waals surface area contributed by atoms with E-state index in [1.807, 2.05) is 84.8 Å². The van der Waals surface area contributed by atoms with Crippen LogP contribution in [0.5, 0.6) is 0 Å². The predicted molar refractivity (Wildman–Crippen MR) is 147 cm³/mol. The van der Waals surface area contributed by atoms with Crippen LogP contribution in [0.15, 0.2) is 82.3 Å². The number of aromatic amines is 1. The van der Waals surface area contributed by atoms with Gasteiger partial charge in [-0.3, -0.25) is 9.59 Å². The maximum Gasteiger partial charge on any atom is 0.304 e. The SMILES string of the molecule is Cc1ccc(S[C@@]2(CC(=O)O)CC(=O)N(Cc3ccc(Br)cc3)[C@H]2c2c[nH]c3cc(Cl)ccc23)cc1. The van der Waals surface area contributed by atoms with E-state index in [1.54, 1.807) is 0 Å². The quantitative estimate of drug-likeness (QED) is 0.238. The third kappa shape index (κ3) is 4.92. The molecule has 2 heterocycles. The minimum Gasteiger partial charge on any atom is -0.481 e. The van der Waals surface area contributed by atoms with Crippen LogP contribution in [0.25, 0.3) is 10.9 Å². The van der Waals surface area contributed by atoms with Gasteiger partial charge >= 0.3 is 5.97 Å². The fourth-order valence-electron chi connectivity index (χ4n) is 5.03. The molecule has 0 radical (unpaired) electrons. The zero-order valence-electron chi connectivity index (χ0n) is 19.5. The third-order valence-electron chi connectivity index (χ3n) is 6.61. The van der Waals surface area contributed by atoms with Crippen molar-refractivity contribution in [3.05, 3.63) is 99.1 Å². The van der Waals surface area contributed by atoms with Crippen molar-refractivity contribution in [2.45, 2.75) is 42.0 Å². The summed E-state index contributed by atoms with van der Waals surface area (Å²) in [6.45, 7) is 2.40. The minimum atomic E-state index is -0.930. The largest absolute Gasteiger partial charge is 0.481 e. The number of carbonyl (C=O) groups excluding carboxylic acids is 1. The number of amides is 1. The summed E-state index contributed by atoms with van der Waals surface area (Å²) in [5.41, 5.74) is 3.84. The molecule has 8 heteroatoms. The Morgan fingerprint density at radius 2 is 1.89 bits per heavy atom. The topological polar surface area (TPSA) is 73.4 Å². The van der Waals surface area contributed by atoms with Gasteiger partial charge in [0.15, 0.2) is 0 Å². The highest BCUT2D eigenvalue weighted by atomic mass is 79.9. The second-order valence-corrected chi connectivity index (χ2v) is 12.1. The fourth-order valence-corrected chi connectivity index (χ4v) is 6.97. The van der Waals surface area contributed by atoms with Crippen molar-refractivity contribution in [2.75, 3.05) is 0 Å². The first-order valence-corrected chi connectivity index (χ1v) is 13.5.